The van der Waals surface area contributed by atoms with Crippen molar-refractivity contribution in [2.24, 2.45) is 0 Å². The lowest BCUT2D eigenvalue weighted by Crippen LogP contribution is -2.28. The zero-order valence-corrected chi connectivity index (χ0v) is 12.8. The van der Waals surface area contributed by atoms with E-state index in [0.717, 1.165) is 4.90 Å². The van der Waals surface area contributed by atoms with Gasteiger partial charge in [0.1, 0.15) is 5.01 Å². The van der Waals surface area contributed by atoms with E-state index in [9.17, 15) is 9.59 Å². The quantitative estimate of drug-likeness (QED) is 0.736. The minimum absolute atomic E-state index is 0.00937. The van der Waals surface area contributed by atoms with Crippen molar-refractivity contribution in [3.8, 4) is 0 Å². The van der Waals surface area contributed by atoms with Crippen molar-refractivity contribution in [2.75, 3.05) is 11.6 Å². The van der Waals surface area contributed by atoms with Crippen LogP contribution in [0.15, 0.2) is 34.5 Å². The second-order valence-corrected chi connectivity index (χ2v) is 5.79. The Morgan fingerprint density at radius 3 is 2.90 bits per heavy atom. The second kappa shape index (κ2) is 7.09. The number of thiazole rings is 1. The Morgan fingerprint density at radius 1 is 1.43 bits per heavy atom. The number of hydrogen-bond donors (Lipinski definition) is 3. The van der Waals surface area contributed by atoms with Crippen molar-refractivity contribution in [2.45, 2.75) is 11.4 Å². The lowest BCUT2D eigenvalue weighted by Gasteiger charge is -2.07. The summed E-state index contributed by atoms with van der Waals surface area (Å²) < 4.78 is 0. The summed E-state index contributed by atoms with van der Waals surface area (Å²) >= 11 is 2.78. The molecule has 1 aromatic heterocycles. The molecule has 2 amide bonds. The summed E-state index contributed by atoms with van der Waals surface area (Å²) in [6.07, 6.45) is 1.96. The molecule has 110 valence electrons. The molecule has 0 spiro atoms. The first-order valence-corrected chi connectivity index (χ1v) is 8.05. The normalized spacial score (nSPS) is 10.1. The number of urea groups is 1. The van der Waals surface area contributed by atoms with Gasteiger partial charge in [-0.15, -0.1) is 23.1 Å². The number of carbonyl (C=O) groups excluding carboxylic acids is 1. The van der Waals surface area contributed by atoms with E-state index < -0.39 is 5.97 Å². The number of amides is 2. The van der Waals surface area contributed by atoms with Gasteiger partial charge in [0.05, 0.1) is 6.54 Å². The van der Waals surface area contributed by atoms with Crippen LogP contribution in [0.3, 0.4) is 0 Å². The minimum atomic E-state index is -1.07. The van der Waals surface area contributed by atoms with E-state index in [1.54, 1.807) is 17.8 Å². The van der Waals surface area contributed by atoms with E-state index in [4.69, 9.17) is 5.11 Å². The number of thioether (sulfide) groups is 1. The molecule has 0 radical (unpaired) electrons. The molecule has 0 fully saturated rings. The topological polar surface area (TPSA) is 91.3 Å². The van der Waals surface area contributed by atoms with Gasteiger partial charge >= 0.3 is 12.0 Å². The summed E-state index contributed by atoms with van der Waals surface area (Å²) in [5.41, 5.74) is 0.689. The van der Waals surface area contributed by atoms with E-state index in [-0.39, 0.29) is 18.3 Å². The van der Waals surface area contributed by atoms with Gasteiger partial charge in [-0.3, -0.25) is 0 Å². The van der Waals surface area contributed by atoms with Gasteiger partial charge < -0.3 is 15.7 Å². The van der Waals surface area contributed by atoms with Gasteiger partial charge in [-0.1, -0.05) is 6.07 Å². The number of aromatic carboxylic acids is 1. The molecular weight excluding hydrogens is 310 g/mol. The molecule has 2 aromatic rings. The molecule has 0 bridgehead atoms. The molecule has 1 heterocycles. The van der Waals surface area contributed by atoms with Gasteiger partial charge in [-0.25, -0.2) is 14.6 Å². The first-order chi connectivity index (χ1) is 10.1. The van der Waals surface area contributed by atoms with Crippen LogP contribution in [0.25, 0.3) is 0 Å². The molecule has 3 N–H and O–H groups in total. The fourth-order valence-electron chi connectivity index (χ4n) is 1.52. The van der Waals surface area contributed by atoms with Crippen molar-refractivity contribution in [1.29, 1.82) is 0 Å². The number of rotatable bonds is 5. The number of carboxylic acids is 1. The SMILES string of the molecule is CSc1cccc(NC(=O)NCc2nc(C(=O)O)cs2)c1. The highest BCUT2D eigenvalue weighted by molar-refractivity contribution is 7.98. The van der Waals surface area contributed by atoms with Crippen LogP contribution in [-0.4, -0.2) is 28.3 Å². The molecule has 0 aliphatic rings. The Morgan fingerprint density at radius 2 is 2.24 bits per heavy atom. The smallest absolute Gasteiger partial charge is 0.355 e. The van der Waals surface area contributed by atoms with Gasteiger partial charge in [0, 0.05) is 16.0 Å². The van der Waals surface area contributed by atoms with Gasteiger partial charge in [0.25, 0.3) is 0 Å². The molecule has 2 rings (SSSR count). The lowest BCUT2D eigenvalue weighted by molar-refractivity contribution is 0.0691. The van der Waals surface area contributed by atoms with Crippen molar-refractivity contribution >= 4 is 40.8 Å². The van der Waals surface area contributed by atoms with Gasteiger partial charge in [0.15, 0.2) is 5.69 Å². The molecule has 1 aromatic carbocycles. The Bertz CT molecular complexity index is 658. The highest BCUT2D eigenvalue weighted by atomic mass is 32.2. The molecule has 21 heavy (non-hydrogen) atoms. The third kappa shape index (κ3) is 4.47. The van der Waals surface area contributed by atoms with E-state index in [1.165, 1.54) is 16.7 Å². The number of carboxylic acid groups (broad SMARTS) is 1. The van der Waals surface area contributed by atoms with Crippen molar-refractivity contribution in [3.05, 3.63) is 40.3 Å². The summed E-state index contributed by atoms with van der Waals surface area (Å²) in [6, 6.07) is 7.12. The van der Waals surface area contributed by atoms with Gasteiger partial charge in [0.2, 0.25) is 0 Å². The first-order valence-electron chi connectivity index (χ1n) is 5.95. The molecule has 0 aliphatic heterocycles. The van der Waals surface area contributed by atoms with Crippen LogP contribution in [0, 0.1) is 0 Å². The Kier molecular flexibility index (Phi) is 5.18. The van der Waals surface area contributed by atoms with Gasteiger partial charge in [-0.05, 0) is 24.5 Å². The van der Waals surface area contributed by atoms with Crippen LogP contribution < -0.4 is 10.6 Å². The summed E-state index contributed by atoms with van der Waals surface area (Å²) in [5, 5.41) is 16.1. The molecule has 6 nitrogen and oxygen atoms in total. The maximum atomic E-state index is 11.8. The average Bonchev–Trinajstić information content (AvgIpc) is 2.94. The maximum absolute atomic E-state index is 11.8. The van der Waals surface area contributed by atoms with E-state index in [2.05, 4.69) is 15.6 Å². The summed E-state index contributed by atoms with van der Waals surface area (Å²) in [5.74, 6) is -1.07. The molecule has 8 heteroatoms. The molecule has 0 aliphatic carbocycles. The molecular formula is C13H13N3O3S2. The Hall–Kier alpha value is -2.06. The predicted octanol–water partition coefficient (Wildman–Crippen LogP) is 2.88. The number of nitrogens with one attached hydrogen (secondary N) is 2. The average molecular weight is 323 g/mol. The van der Waals surface area contributed by atoms with Crippen LogP contribution in [-0.2, 0) is 6.54 Å². The summed E-state index contributed by atoms with van der Waals surface area (Å²) in [4.78, 5) is 27.4. The van der Waals surface area contributed by atoms with Crippen molar-refractivity contribution < 1.29 is 14.7 Å². The van der Waals surface area contributed by atoms with E-state index in [1.807, 2.05) is 24.5 Å². The van der Waals surface area contributed by atoms with Crippen molar-refractivity contribution in [3.63, 3.8) is 0 Å². The number of carbonyl (C=O) groups is 2. The van der Waals surface area contributed by atoms with Crippen molar-refractivity contribution in [1.82, 2.24) is 10.3 Å². The number of nitrogens with zero attached hydrogens (tertiary/aromatic N) is 1. The zero-order valence-electron chi connectivity index (χ0n) is 11.1. The number of aromatic nitrogens is 1. The standard InChI is InChI=1S/C13H13N3O3S2/c1-20-9-4-2-3-8(5-9)15-13(19)14-6-11-16-10(7-21-11)12(17)18/h2-5,7H,6H2,1H3,(H,17,18)(H2,14,15,19). The number of benzene rings is 1. The molecule has 0 atom stereocenters. The predicted molar refractivity (Wildman–Crippen MR) is 83.2 cm³/mol. The Balaban J connectivity index is 1.87. The minimum Gasteiger partial charge on any atom is -0.476 e. The van der Waals surface area contributed by atoms with Crippen LogP contribution in [0.5, 0.6) is 0 Å². The maximum Gasteiger partial charge on any atom is 0.355 e. The second-order valence-electron chi connectivity index (χ2n) is 3.97. The molecule has 0 unspecified atom stereocenters. The van der Waals surface area contributed by atoms with E-state index in [0.29, 0.717) is 10.7 Å². The van der Waals surface area contributed by atoms with E-state index >= 15 is 0 Å². The van der Waals surface area contributed by atoms with Crippen LogP contribution in [0.2, 0.25) is 0 Å². The zero-order chi connectivity index (χ0) is 15.2. The fraction of sp³-hybridized carbons (Fsp3) is 0.154. The molecule has 0 saturated carbocycles. The third-order valence-electron chi connectivity index (χ3n) is 2.50. The monoisotopic (exact) mass is 323 g/mol. The number of hydrogen-bond acceptors (Lipinski definition) is 5. The lowest BCUT2D eigenvalue weighted by atomic mass is 10.3. The largest absolute Gasteiger partial charge is 0.476 e. The Labute approximate surface area is 129 Å². The fourth-order valence-corrected chi connectivity index (χ4v) is 2.69. The number of anilines is 1. The van der Waals surface area contributed by atoms with Crippen LogP contribution >= 0.6 is 23.1 Å². The van der Waals surface area contributed by atoms with Crippen LogP contribution in [0.4, 0.5) is 10.5 Å². The highest BCUT2D eigenvalue weighted by Gasteiger charge is 2.09. The van der Waals surface area contributed by atoms with Crippen LogP contribution in [0.1, 0.15) is 15.5 Å². The van der Waals surface area contributed by atoms with Gasteiger partial charge in [-0.2, -0.15) is 0 Å². The molecule has 0 saturated heterocycles. The summed E-state index contributed by atoms with van der Waals surface area (Å²) in [6.45, 7) is 0.187. The first kappa shape index (κ1) is 15.3. The third-order valence-corrected chi connectivity index (χ3v) is 4.07. The highest BCUT2D eigenvalue weighted by Crippen LogP contribution is 2.18. The summed E-state index contributed by atoms with van der Waals surface area (Å²) in [7, 11) is 0.